The molecule has 6 nitrogen and oxygen atoms in total. The fourth-order valence-electron chi connectivity index (χ4n) is 3.31. The third kappa shape index (κ3) is 7.26. The quantitative estimate of drug-likeness (QED) is 0.396. The molecule has 1 saturated carbocycles. The number of rotatable bonds is 9. The fourth-order valence-corrected chi connectivity index (χ4v) is 3.31. The van der Waals surface area contributed by atoms with E-state index in [1.807, 2.05) is 0 Å². The van der Waals surface area contributed by atoms with Crippen LogP contribution < -0.4 is 14.8 Å². The average molecular weight is 488 g/mol. The van der Waals surface area contributed by atoms with Gasteiger partial charge in [-0.25, -0.2) is 9.37 Å². The van der Waals surface area contributed by atoms with E-state index in [1.54, 1.807) is 6.07 Å². The van der Waals surface area contributed by atoms with Crippen molar-refractivity contribution >= 4 is 17.5 Å². The van der Waals surface area contributed by atoms with Gasteiger partial charge < -0.3 is 14.8 Å². The molecular weight excluding hydrogens is 468 g/mol. The smallest absolute Gasteiger partial charge is 0.454 e. The van der Waals surface area contributed by atoms with Gasteiger partial charge in [-0.2, -0.15) is 0 Å². The fraction of sp³-hybridized carbons (Fsp3) is 0.240. The molecule has 0 radical (unpaired) electrons. The van der Waals surface area contributed by atoms with Crippen molar-refractivity contribution in [3.05, 3.63) is 77.7 Å². The summed E-state index contributed by atoms with van der Waals surface area (Å²) >= 11 is 0. The van der Waals surface area contributed by atoms with E-state index in [2.05, 4.69) is 15.0 Å². The topological polar surface area (TPSA) is 77.5 Å². The maximum atomic E-state index is 14.6. The van der Waals surface area contributed by atoms with Crippen molar-refractivity contribution in [2.45, 2.75) is 32.0 Å². The van der Waals surface area contributed by atoms with Gasteiger partial charge in [0.1, 0.15) is 23.1 Å². The third-order valence-corrected chi connectivity index (χ3v) is 5.11. The Morgan fingerprint density at radius 3 is 2.29 bits per heavy atom. The number of ether oxygens (including phenoxy) is 2. The number of benzene rings is 2. The van der Waals surface area contributed by atoms with Crippen LogP contribution in [-0.4, -0.2) is 23.0 Å². The van der Waals surface area contributed by atoms with Gasteiger partial charge in [-0.3, -0.25) is 9.59 Å². The molecule has 0 spiro atoms. The molecule has 0 unspecified atom stereocenters. The lowest BCUT2D eigenvalue weighted by molar-refractivity contribution is -0.274. The minimum atomic E-state index is -4.79. The Morgan fingerprint density at radius 1 is 0.943 bits per heavy atom. The van der Waals surface area contributed by atoms with E-state index in [-0.39, 0.29) is 47.7 Å². The lowest BCUT2D eigenvalue weighted by atomic mass is 10.0. The summed E-state index contributed by atoms with van der Waals surface area (Å²) in [5, 5.41) is 2.69. The maximum Gasteiger partial charge on any atom is 0.573 e. The van der Waals surface area contributed by atoms with Crippen molar-refractivity contribution in [1.29, 1.82) is 0 Å². The van der Waals surface area contributed by atoms with Crippen LogP contribution in [0, 0.1) is 11.7 Å². The van der Waals surface area contributed by atoms with Crippen LogP contribution in [0.2, 0.25) is 0 Å². The molecule has 1 aliphatic rings. The van der Waals surface area contributed by atoms with Gasteiger partial charge in [0.2, 0.25) is 5.91 Å². The molecule has 1 aliphatic carbocycles. The van der Waals surface area contributed by atoms with E-state index < -0.39 is 12.2 Å². The zero-order valence-electron chi connectivity index (χ0n) is 18.3. The van der Waals surface area contributed by atoms with Crippen molar-refractivity contribution in [2.24, 2.45) is 5.92 Å². The van der Waals surface area contributed by atoms with E-state index >= 15 is 0 Å². The van der Waals surface area contributed by atoms with Gasteiger partial charge in [0.05, 0.1) is 0 Å². The molecule has 3 aromatic rings. The summed E-state index contributed by atoms with van der Waals surface area (Å²) in [5.41, 5.74) is 0.927. The number of carbonyl (C=O) groups excluding carboxylic acids is 2. The van der Waals surface area contributed by atoms with Gasteiger partial charge in [-0.05, 0) is 54.3 Å². The Bertz CT molecular complexity index is 1220. The number of Topliss-reactive ketones (excluding diaryl/α,β-unsaturated/α-hetero) is 1. The van der Waals surface area contributed by atoms with Gasteiger partial charge in [-0.1, -0.05) is 18.2 Å². The molecule has 1 heterocycles. The first-order valence-electron chi connectivity index (χ1n) is 10.7. The summed E-state index contributed by atoms with van der Waals surface area (Å²) in [6.45, 7) is 0. The van der Waals surface area contributed by atoms with Crippen molar-refractivity contribution in [2.75, 3.05) is 5.32 Å². The molecule has 4 rings (SSSR count). The van der Waals surface area contributed by atoms with E-state index in [0.29, 0.717) is 16.9 Å². The SMILES string of the molecule is O=C(Cc1ccc(OC(F)(F)F)cc1)Cc1ccc(Oc2ccnc(NC(=O)C3CC3)c2)c(F)c1. The van der Waals surface area contributed by atoms with Crippen molar-refractivity contribution < 1.29 is 36.6 Å². The van der Waals surface area contributed by atoms with Gasteiger partial charge in [0.15, 0.2) is 11.6 Å². The largest absolute Gasteiger partial charge is 0.573 e. The number of amides is 1. The number of anilines is 1. The highest BCUT2D eigenvalue weighted by Gasteiger charge is 2.31. The summed E-state index contributed by atoms with van der Waals surface area (Å²) < 4.78 is 60.7. The van der Waals surface area contributed by atoms with Crippen molar-refractivity contribution in [3.8, 4) is 17.2 Å². The molecule has 1 aromatic heterocycles. The van der Waals surface area contributed by atoms with Gasteiger partial charge in [0.25, 0.3) is 0 Å². The van der Waals surface area contributed by atoms with Crippen LogP contribution in [0.5, 0.6) is 17.2 Å². The highest BCUT2D eigenvalue weighted by atomic mass is 19.4. The summed E-state index contributed by atoms with van der Waals surface area (Å²) in [6.07, 6.45) is -1.74. The van der Waals surface area contributed by atoms with E-state index in [4.69, 9.17) is 4.74 Å². The second-order valence-corrected chi connectivity index (χ2v) is 8.09. The lowest BCUT2D eigenvalue weighted by Gasteiger charge is -2.10. The van der Waals surface area contributed by atoms with Crippen LogP contribution in [0.1, 0.15) is 24.0 Å². The number of alkyl halides is 3. The second kappa shape index (κ2) is 10.1. The molecule has 182 valence electrons. The van der Waals surface area contributed by atoms with Crippen LogP contribution >= 0.6 is 0 Å². The Morgan fingerprint density at radius 2 is 1.63 bits per heavy atom. The number of carbonyl (C=O) groups is 2. The first-order chi connectivity index (χ1) is 16.6. The summed E-state index contributed by atoms with van der Waals surface area (Å²) in [5.74, 6) is -0.869. The first-order valence-corrected chi connectivity index (χ1v) is 10.7. The molecule has 1 fully saturated rings. The summed E-state index contributed by atoms with van der Waals surface area (Å²) in [6, 6.07) is 12.1. The van der Waals surface area contributed by atoms with Crippen LogP contribution in [0.4, 0.5) is 23.4 Å². The zero-order chi connectivity index (χ0) is 25.0. The molecule has 0 saturated heterocycles. The van der Waals surface area contributed by atoms with Crippen LogP contribution in [-0.2, 0) is 22.4 Å². The molecular formula is C25H20F4N2O4. The molecule has 10 heteroatoms. The number of pyridine rings is 1. The Balaban J connectivity index is 1.33. The molecule has 0 bridgehead atoms. The van der Waals surface area contributed by atoms with Crippen molar-refractivity contribution in [1.82, 2.24) is 4.98 Å². The molecule has 0 aliphatic heterocycles. The van der Waals surface area contributed by atoms with Crippen molar-refractivity contribution in [3.63, 3.8) is 0 Å². The maximum absolute atomic E-state index is 14.6. The Kier molecular flexibility index (Phi) is 6.99. The predicted molar refractivity (Wildman–Crippen MR) is 118 cm³/mol. The van der Waals surface area contributed by atoms with Crippen LogP contribution in [0.3, 0.4) is 0 Å². The zero-order valence-corrected chi connectivity index (χ0v) is 18.3. The highest BCUT2D eigenvalue weighted by Crippen LogP contribution is 2.31. The van der Waals surface area contributed by atoms with E-state index in [9.17, 15) is 27.2 Å². The molecule has 35 heavy (non-hydrogen) atoms. The minimum absolute atomic E-state index is 0.0110. The average Bonchev–Trinajstić information content (AvgIpc) is 3.62. The predicted octanol–water partition coefficient (Wildman–Crippen LogP) is 5.61. The molecule has 1 N–H and O–H groups in total. The summed E-state index contributed by atoms with van der Waals surface area (Å²) in [4.78, 5) is 28.3. The number of hydrogen-bond donors (Lipinski definition) is 1. The molecule has 2 aromatic carbocycles. The lowest BCUT2D eigenvalue weighted by Crippen LogP contribution is -2.17. The van der Waals surface area contributed by atoms with Crippen LogP contribution in [0.15, 0.2) is 60.8 Å². The first kappa shape index (κ1) is 24.2. The monoisotopic (exact) mass is 488 g/mol. The summed E-state index contributed by atoms with van der Waals surface area (Å²) in [7, 11) is 0. The van der Waals surface area contributed by atoms with Gasteiger partial charge in [-0.15, -0.1) is 13.2 Å². The highest BCUT2D eigenvalue weighted by molar-refractivity contribution is 5.93. The standard InChI is InChI=1S/C25H20F4N2O4/c26-21-13-16(12-18(32)11-15-1-6-19(7-2-15)35-25(27,28)29)3-8-22(21)34-20-9-10-30-23(14-20)31-24(33)17-4-5-17/h1-3,6-10,13-14,17H,4-5,11-12H2,(H,30,31,33). The number of nitrogens with one attached hydrogen (secondary N) is 1. The number of ketones is 1. The van der Waals surface area contributed by atoms with Crippen LogP contribution in [0.25, 0.3) is 0 Å². The van der Waals surface area contributed by atoms with Gasteiger partial charge in [0, 0.05) is 31.0 Å². The van der Waals surface area contributed by atoms with E-state index in [1.165, 1.54) is 42.6 Å². The second-order valence-electron chi connectivity index (χ2n) is 8.09. The molecule has 1 amide bonds. The number of aromatic nitrogens is 1. The molecule has 0 atom stereocenters. The number of halogens is 4. The Labute approximate surface area is 197 Å². The Hall–Kier alpha value is -3.95. The van der Waals surface area contributed by atoms with Gasteiger partial charge >= 0.3 is 6.36 Å². The normalized spacial score (nSPS) is 13.3. The number of hydrogen-bond acceptors (Lipinski definition) is 5. The minimum Gasteiger partial charge on any atom is -0.454 e. The van der Waals surface area contributed by atoms with E-state index in [0.717, 1.165) is 25.0 Å². The number of nitrogens with zero attached hydrogens (tertiary/aromatic N) is 1. The third-order valence-electron chi connectivity index (χ3n) is 5.11.